The van der Waals surface area contributed by atoms with Crippen molar-refractivity contribution in [1.82, 2.24) is 0 Å². The first-order valence-corrected chi connectivity index (χ1v) is 11.1. The predicted molar refractivity (Wildman–Crippen MR) is 131 cm³/mol. The van der Waals surface area contributed by atoms with Crippen molar-refractivity contribution in [3.63, 3.8) is 0 Å². The molecule has 3 aromatic rings. The Morgan fingerprint density at radius 1 is 0.941 bits per heavy atom. The third-order valence-corrected chi connectivity index (χ3v) is 5.72. The zero-order valence-corrected chi connectivity index (χ0v) is 19.6. The van der Waals surface area contributed by atoms with Gasteiger partial charge in [-0.1, -0.05) is 42.5 Å². The lowest BCUT2D eigenvalue weighted by molar-refractivity contribution is -0.132. The SMILES string of the molecule is COc1ccccc1N1C(=O)C(=O)/C(=C(\O)c2ccc(OC(C)C)c(C)c2)C1c1ccccc1. The fraction of sp³-hybridized carbons (Fsp3) is 0.214. The van der Waals surface area contributed by atoms with E-state index < -0.39 is 17.7 Å². The number of nitrogens with zero attached hydrogens (tertiary/aromatic N) is 1. The van der Waals surface area contributed by atoms with Crippen molar-refractivity contribution in [3.8, 4) is 11.5 Å². The monoisotopic (exact) mass is 457 g/mol. The Kier molecular flexibility index (Phi) is 6.41. The van der Waals surface area contributed by atoms with Crippen LogP contribution in [0.25, 0.3) is 5.76 Å². The van der Waals surface area contributed by atoms with Crippen molar-refractivity contribution in [3.05, 3.63) is 95.1 Å². The minimum atomic E-state index is -0.815. The topological polar surface area (TPSA) is 76.1 Å². The lowest BCUT2D eigenvalue weighted by Crippen LogP contribution is -2.29. The van der Waals surface area contributed by atoms with E-state index in [4.69, 9.17) is 9.47 Å². The highest BCUT2D eigenvalue weighted by Crippen LogP contribution is 2.45. The Hall–Kier alpha value is -4.06. The number of anilines is 1. The number of para-hydroxylation sites is 2. The van der Waals surface area contributed by atoms with Gasteiger partial charge in [0.2, 0.25) is 0 Å². The molecular formula is C28H27NO5. The standard InChI is InChI=1S/C28H27NO5/c1-17(2)34-22-15-14-20(16-18(22)3)26(30)24-25(19-10-6-5-7-11-19)29(28(32)27(24)31)21-12-8-9-13-23(21)33-4/h5-17,25,30H,1-4H3/b26-24-. The van der Waals surface area contributed by atoms with Crippen molar-refractivity contribution in [2.45, 2.75) is 32.9 Å². The lowest BCUT2D eigenvalue weighted by atomic mass is 9.94. The summed E-state index contributed by atoms with van der Waals surface area (Å²) < 4.78 is 11.3. The lowest BCUT2D eigenvalue weighted by Gasteiger charge is -2.26. The van der Waals surface area contributed by atoms with E-state index in [0.29, 0.717) is 28.3 Å². The molecule has 1 N–H and O–H groups in total. The van der Waals surface area contributed by atoms with E-state index in [9.17, 15) is 14.7 Å². The van der Waals surface area contributed by atoms with Gasteiger partial charge in [0, 0.05) is 5.56 Å². The molecule has 34 heavy (non-hydrogen) atoms. The first-order valence-electron chi connectivity index (χ1n) is 11.1. The summed E-state index contributed by atoms with van der Waals surface area (Å²) >= 11 is 0. The number of ether oxygens (including phenoxy) is 2. The predicted octanol–water partition coefficient (Wildman–Crippen LogP) is 5.42. The van der Waals surface area contributed by atoms with Gasteiger partial charge in [0.15, 0.2) is 0 Å². The van der Waals surface area contributed by atoms with Gasteiger partial charge >= 0.3 is 0 Å². The quantitative estimate of drug-likeness (QED) is 0.304. The number of aliphatic hydroxyl groups is 1. The molecule has 1 amide bonds. The van der Waals surface area contributed by atoms with Crippen molar-refractivity contribution in [2.75, 3.05) is 12.0 Å². The van der Waals surface area contributed by atoms with Crippen molar-refractivity contribution < 1.29 is 24.2 Å². The van der Waals surface area contributed by atoms with Crippen molar-refractivity contribution in [1.29, 1.82) is 0 Å². The van der Waals surface area contributed by atoms with E-state index in [1.807, 2.05) is 51.1 Å². The molecule has 1 heterocycles. The molecule has 0 saturated carbocycles. The average Bonchev–Trinajstić information content (AvgIpc) is 3.10. The molecule has 1 aliphatic rings. The second-order valence-corrected chi connectivity index (χ2v) is 8.40. The minimum absolute atomic E-state index is 0.00223. The fourth-order valence-corrected chi connectivity index (χ4v) is 4.20. The van der Waals surface area contributed by atoms with Gasteiger partial charge in [-0.2, -0.15) is 0 Å². The van der Waals surface area contributed by atoms with Crippen LogP contribution in [0, 0.1) is 6.92 Å². The molecular weight excluding hydrogens is 430 g/mol. The molecule has 0 radical (unpaired) electrons. The van der Waals surface area contributed by atoms with Gasteiger partial charge < -0.3 is 14.6 Å². The van der Waals surface area contributed by atoms with Crippen LogP contribution >= 0.6 is 0 Å². The molecule has 174 valence electrons. The van der Waals surface area contributed by atoms with Crippen LogP contribution in [0.15, 0.2) is 78.4 Å². The zero-order valence-electron chi connectivity index (χ0n) is 19.6. The first-order chi connectivity index (χ1) is 16.3. The molecule has 0 spiro atoms. The summed E-state index contributed by atoms with van der Waals surface area (Å²) in [5, 5.41) is 11.3. The molecule has 1 atom stereocenters. The summed E-state index contributed by atoms with van der Waals surface area (Å²) in [6, 6.07) is 20.6. The maximum Gasteiger partial charge on any atom is 0.300 e. The molecule has 0 aromatic heterocycles. The van der Waals surface area contributed by atoms with E-state index in [1.165, 1.54) is 12.0 Å². The summed E-state index contributed by atoms with van der Waals surface area (Å²) in [4.78, 5) is 28.0. The third kappa shape index (κ3) is 4.15. The number of benzene rings is 3. The molecule has 0 aliphatic carbocycles. The molecule has 1 aliphatic heterocycles. The van der Waals surface area contributed by atoms with Gasteiger partial charge in [-0.25, -0.2) is 0 Å². The number of rotatable bonds is 6. The van der Waals surface area contributed by atoms with Crippen LogP contribution in [-0.2, 0) is 9.59 Å². The van der Waals surface area contributed by atoms with Crippen molar-refractivity contribution >= 4 is 23.1 Å². The fourth-order valence-electron chi connectivity index (χ4n) is 4.20. The Labute approximate surface area is 199 Å². The molecule has 1 saturated heterocycles. The minimum Gasteiger partial charge on any atom is -0.507 e. The smallest absolute Gasteiger partial charge is 0.300 e. The summed E-state index contributed by atoms with van der Waals surface area (Å²) in [5.41, 5.74) is 2.43. The number of carbonyl (C=O) groups excluding carboxylic acids is 2. The number of methoxy groups -OCH3 is 1. The number of ketones is 1. The molecule has 3 aromatic carbocycles. The number of amides is 1. The summed E-state index contributed by atoms with van der Waals surface area (Å²) in [6.07, 6.45) is 0.00223. The summed E-state index contributed by atoms with van der Waals surface area (Å²) in [5.74, 6) is -0.561. The van der Waals surface area contributed by atoms with E-state index in [0.717, 1.165) is 5.56 Å². The van der Waals surface area contributed by atoms with Gasteiger partial charge in [0.25, 0.3) is 11.7 Å². The maximum atomic E-state index is 13.3. The van der Waals surface area contributed by atoms with Crippen LogP contribution in [0.5, 0.6) is 11.5 Å². The summed E-state index contributed by atoms with van der Waals surface area (Å²) in [7, 11) is 1.51. The molecule has 0 bridgehead atoms. The number of hydrogen-bond donors (Lipinski definition) is 1. The molecule has 1 unspecified atom stereocenters. The Bertz CT molecular complexity index is 1260. The van der Waals surface area contributed by atoms with Gasteiger partial charge in [-0.05, 0) is 62.2 Å². The van der Waals surface area contributed by atoms with Crippen LogP contribution < -0.4 is 14.4 Å². The number of aryl methyl sites for hydroxylation is 1. The Morgan fingerprint density at radius 3 is 2.26 bits per heavy atom. The van der Waals surface area contributed by atoms with Gasteiger partial charge in [-0.15, -0.1) is 0 Å². The highest BCUT2D eigenvalue weighted by Gasteiger charge is 2.47. The summed E-state index contributed by atoms with van der Waals surface area (Å²) in [6.45, 7) is 5.75. The van der Waals surface area contributed by atoms with E-state index in [1.54, 1.807) is 42.5 Å². The largest absolute Gasteiger partial charge is 0.507 e. The second-order valence-electron chi connectivity index (χ2n) is 8.40. The van der Waals surface area contributed by atoms with E-state index in [2.05, 4.69) is 0 Å². The molecule has 4 rings (SSSR count). The number of aliphatic hydroxyl groups excluding tert-OH is 1. The number of hydrogen-bond acceptors (Lipinski definition) is 5. The number of carbonyl (C=O) groups is 2. The first kappa shape index (κ1) is 23.1. The third-order valence-electron chi connectivity index (χ3n) is 5.72. The highest BCUT2D eigenvalue weighted by molar-refractivity contribution is 6.51. The normalized spacial score (nSPS) is 17.3. The van der Waals surface area contributed by atoms with Crippen LogP contribution in [0.4, 0.5) is 5.69 Å². The average molecular weight is 458 g/mol. The van der Waals surface area contributed by atoms with E-state index in [-0.39, 0.29) is 17.4 Å². The molecule has 1 fully saturated rings. The van der Waals surface area contributed by atoms with Crippen LogP contribution in [0.2, 0.25) is 0 Å². The van der Waals surface area contributed by atoms with E-state index >= 15 is 0 Å². The van der Waals surface area contributed by atoms with Crippen molar-refractivity contribution in [2.24, 2.45) is 0 Å². The highest BCUT2D eigenvalue weighted by atomic mass is 16.5. The van der Waals surface area contributed by atoms with Crippen LogP contribution in [-0.4, -0.2) is 30.0 Å². The van der Waals surface area contributed by atoms with Crippen LogP contribution in [0.3, 0.4) is 0 Å². The van der Waals surface area contributed by atoms with Gasteiger partial charge in [0.05, 0.1) is 30.5 Å². The molecule has 6 nitrogen and oxygen atoms in total. The second kappa shape index (κ2) is 9.43. The van der Waals surface area contributed by atoms with Crippen LogP contribution in [0.1, 0.15) is 36.6 Å². The Balaban J connectivity index is 1.90. The van der Waals surface area contributed by atoms with Gasteiger partial charge in [-0.3, -0.25) is 14.5 Å². The number of Topliss-reactive ketones (excluding diaryl/α,β-unsaturated/α-hetero) is 1. The maximum absolute atomic E-state index is 13.3. The van der Waals surface area contributed by atoms with Gasteiger partial charge in [0.1, 0.15) is 17.3 Å². The molecule has 6 heteroatoms. The Morgan fingerprint density at radius 2 is 1.62 bits per heavy atom. The zero-order chi connectivity index (χ0) is 24.4.